The highest BCUT2D eigenvalue weighted by Gasteiger charge is 2.23. The third kappa shape index (κ3) is 4.90. The lowest BCUT2D eigenvalue weighted by Crippen LogP contribution is -2.01. The van der Waals surface area contributed by atoms with Gasteiger partial charge in [-0.25, -0.2) is 15.0 Å². The van der Waals surface area contributed by atoms with Crippen molar-refractivity contribution < 1.29 is 4.42 Å². The molecule has 13 rings (SSSR count). The Morgan fingerprint density at radius 1 is 0.350 bits per heavy atom. The monoisotopic (exact) mass is 764 g/mol. The molecule has 0 N–H and O–H groups in total. The molecule has 10 aromatic carbocycles. The summed E-state index contributed by atoms with van der Waals surface area (Å²) >= 11 is 0. The van der Waals surface area contributed by atoms with Gasteiger partial charge in [0.2, 0.25) is 0 Å². The molecule has 5 nitrogen and oxygen atoms in total. The molecule has 0 amide bonds. The fourth-order valence-electron chi connectivity index (χ4n) is 9.41. The number of aromatic nitrogens is 4. The Morgan fingerprint density at radius 3 is 1.82 bits per heavy atom. The summed E-state index contributed by atoms with van der Waals surface area (Å²) in [4.78, 5) is 15.9. The molecule has 0 unspecified atom stereocenters. The molecule has 0 fully saturated rings. The summed E-state index contributed by atoms with van der Waals surface area (Å²) in [6.45, 7) is 0. The number of hydrogen-bond acceptors (Lipinski definition) is 4. The van der Waals surface area contributed by atoms with Crippen LogP contribution in [-0.2, 0) is 0 Å². The molecule has 278 valence electrons. The molecule has 0 aliphatic heterocycles. The van der Waals surface area contributed by atoms with Crippen LogP contribution in [0.5, 0.6) is 0 Å². The molecule has 5 heteroatoms. The largest absolute Gasteiger partial charge is 0.455 e. The van der Waals surface area contributed by atoms with Crippen LogP contribution >= 0.6 is 0 Å². The Morgan fingerprint density at radius 2 is 0.967 bits per heavy atom. The fourth-order valence-corrected chi connectivity index (χ4v) is 9.41. The minimum absolute atomic E-state index is 0.547. The SMILES string of the molecule is c1ccc2cc3c(cc2c1)c1ccccc1n3-c1ccc(-c2nc(-c3ccc4c(ccc5ccccc54)c3)nc(-c3cccc4ccccc34)n2)c2oc3ccccc3c12. The maximum Gasteiger partial charge on any atom is 0.167 e. The molecule has 0 saturated heterocycles. The van der Waals surface area contributed by atoms with Crippen LogP contribution in [0.2, 0.25) is 0 Å². The highest BCUT2D eigenvalue weighted by Crippen LogP contribution is 2.43. The molecule has 0 aliphatic carbocycles. The lowest BCUT2D eigenvalue weighted by Gasteiger charge is -2.13. The quantitative estimate of drug-likeness (QED) is 0.167. The van der Waals surface area contributed by atoms with E-state index in [2.05, 4.69) is 187 Å². The Hall–Kier alpha value is -8.15. The van der Waals surface area contributed by atoms with Crippen molar-refractivity contribution in [2.24, 2.45) is 0 Å². The molecule has 13 aromatic rings. The second-order valence-electron chi connectivity index (χ2n) is 15.6. The number of hydrogen-bond donors (Lipinski definition) is 0. The average Bonchev–Trinajstić information content (AvgIpc) is 3.86. The highest BCUT2D eigenvalue weighted by atomic mass is 16.3. The van der Waals surface area contributed by atoms with Crippen LogP contribution in [-0.4, -0.2) is 19.5 Å². The first-order valence-corrected chi connectivity index (χ1v) is 20.3. The first-order chi connectivity index (χ1) is 29.7. The predicted octanol–water partition coefficient (Wildman–Crippen LogP) is 14.5. The Labute approximate surface area is 343 Å². The Kier molecular flexibility index (Phi) is 6.95. The van der Waals surface area contributed by atoms with E-state index in [9.17, 15) is 0 Å². The number of nitrogens with zero attached hydrogens (tertiary/aromatic N) is 4. The molecule has 0 saturated carbocycles. The zero-order valence-electron chi connectivity index (χ0n) is 32.2. The molecular weight excluding hydrogens is 733 g/mol. The minimum Gasteiger partial charge on any atom is -0.455 e. The summed E-state index contributed by atoms with van der Waals surface area (Å²) in [5, 5.41) is 13.8. The van der Waals surface area contributed by atoms with Crippen LogP contribution in [0.15, 0.2) is 199 Å². The predicted molar refractivity (Wildman–Crippen MR) is 248 cm³/mol. The van der Waals surface area contributed by atoms with Crippen LogP contribution in [0.25, 0.3) is 127 Å². The second-order valence-corrected chi connectivity index (χ2v) is 15.6. The van der Waals surface area contributed by atoms with E-state index in [0.29, 0.717) is 17.5 Å². The van der Waals surface area contributed by atoms with Gasteiger partial charge in [-0.1, -0.05) is 152 Å². The average molecular weight is 765 g/mol. The molecule has 0 aliphatic rings. The van der Waals surface area contributed by atoms with Crippen LogP contribution in [0.4, 0.5) is 0 Å². The maximum atomic E-state index is 6.92. The third-order valence-corrected chi connectivity index (χ3v) is 12.2. The van der Waals surface area contributed by atoms with E-state index in [1.54, 1.807) is 0 Å². The number of para-hydroxylation sites is 2. The molecule has 0 bridgehead atoms. The van der Waals surface area contributed by atoms with Gasteiger partial charge in [0.05, 0.1) is 27.7 Å². The van der Waals surface area contributed by atoms with E-state index in [1.165, 1.54) is 37.7 Å². The molecular formula is C55H32N4O. The van der Waals surface area contributed by atoms with E-state index in [-0.39, 0.29) is 0 Å². The van der Waals surface area contributed by atoms with E-state index in [0.717, 1.165) is 71.5 Å². The van der Waals surface area contributed by atoms with Crippen molar-refractivity contribution in [3.8, 4) is 39.9 Å². The third-order valence-electron chi connectivity index (χ3n) is 12.2. The fraction of sp³-hybridized carbons (Fsp3) is 0. The van der Waals surface area contributed by atoms with Crippen molar-refractivity contribution in [1.29, 1.82) is 0 Å². The standard InChI is InChI=1S/C55H32N4O/c1-2-15-36-32-49-46(31-35(36)14-1)42-19-7-9-22-47(42)59(49)48-29-28-45(52-51(48)44-20-8-10-23-50(44)60-52)55-57-53(56-54(58-55)43-21-11-16-33-12-3-6-18-40(33)43)38-26-27-41-37(30-38)25-24-34-13-4-5-17-39(34)41/h1-32H. The smallest absolute Gasteiger partial charge is 0.167 e. The van der Waals surface area contributed by atoms with Gasteiger partial charge in [0.15, 0.2) is 17.5 Å². The van der Waals surface area contributed by atoms with Crippen molar-refractivity contribution in [2.75, 3.05) is 0 Å². The second kappa shape index (κ2) is 12.7. The number of benzene rings is 10. The molecule has 60 heavy (non-hydrogen) atoms. The van der Waals surface area contributed by atoms with Crippen molar-refractivity contribution in [3.05, 3.63) is 194 Å². The number of fused-ring (bicyclic) bond motifs is 11. The van der Waals surface area contributed by atoms with Crippen LogP contribution in [0.3, 0.4) is 0 Å². The summed E-state index contributed by atoms with van der Waals surface area (Å²) < 4.78 is 9.31. The Bertz CT molecular complexity index is 3910. The summed E-state index contributed by atoms with van der Waals surface area (Å²) in [6, 6.07) is 68.6. The highest BCUT2D eigenvalue weighted by molar-refractivity contribution is 6.18. The lowest BCUT2D eigenvalue weighted by molar-refractivity contribution is 0.669. The van der Waals surface area contributed by atoms with Crippen molar-refractivity contribution in [1.82, 2.24) is 19.5 Å². The van der Waals surface area contributed by atoms with Gasteiger partial charge in [0, 0.05) is 27.3 Å². The summed E-state index contributed by atoms with van der Waals surface area (Å²) in [7, 11) is 0. The van der Waals surface area contributed by atoms with Gasteiger partial charge in [-0.15, -0.1) is 0 Å². The maximum absolute atomic E-state index is 6.92. The molecule has 3 aromatic heterocycles. The van der Waals surface area contributed by atoms with Gasteiger partial charge in [0.25, 0.3) is 0 Å². The zero-order valence-corrected chi connectivity index (χ0v) is 32.2. The minimum atomic E-state index is 0.547. The summed E-state index contributed by atoms with van der Waals surface area (Å²) in [6.07, 6.45) is 0. The van der Waals surface area contributed by atoms with Gasteiger partial charge in [0.1, 0.15) is 11.2 Å². The zero-order chi connectivity index (χ0) is 39.3. The first-order valence-electron chi connectivity index (χ1n) is 20.3. The van der Waals surface area contributed by atoms with Gasteiger partial charge in [-0.05, 0) is 85.6 Å². The molecule has 0 atom stereocenters. The topological polar surface area (TPSA) is 56.7 Å². The summed E-state index contributed by atoms with van der Waals surface area (Å²) in [5.41, 5.74) is 7.49. The number of furan rings is 1. The van der Waals surface area contributed by atoms with Crippen molar-refractivity contribution in [3.63, 3.8) is 0 Å². The normalized spacial score (nSPS) is 12.0. The van der Waals surface area contributed by atoms with Gasteiger partial charge in [-0.3, -0.25) is 0 Å². The lowest BCUT2D eigenvalue weighted by atomic mass is 10.00. The van der Waals surface area contributed by atoms with Crippen molar-refractivity contribution >= 4 is 86.8 Å². The summed E-state index contributed by atoms with van der Waals surface area (Å²) in [5.74, 6) is 1.75. The van der Waals surface area contributed by atoms with Crippen LogP contribution < -0.4 is 0 Å². The van der Waals surface area contributed by atoms with Crippen molar-refractivity contribution in [2.45, 2.75) is 0 Å². The van der Waals surface area contributed by atoms with Gasteiger partial charge < -0.3 is 8.98 Å². The Balaban J connectivity index is 1.09. The number of rotatable bonds is 4. The molecule has 0 spiro atoms. The van der Waals surface area contributed by atoms with Gasteiger partial charge in [-0.2, -0.15) is 0 Å². The van der Waals surface area contributed by atoms with E-state index in [1.807, 2.05) is 12.1 Å². The molecule has 0 radical (unpaired) electrons. The van der Waals surface area contributed by atoms with E-state index < -0.39 is 0 Å². The van der Waals surface area contributed by atoms with Crippen LogP contribution in [0.1, 0.15) is 0 Å². The van der Waals surface area contributed by atoms with Crippen LogP contribution in [0, 0.1) is 0 Å². The van der Waals surface area contributed by atoms with Gasteiger partial charge >= 0.3 is 0 Å². The van der Waals surface area contributed by atoms with E-state index in [4.69, 9.17) is 19.4 Å². The molecule has 3 heterocycles. The first kappa shape index (κ1) is 32.9. The van der Waals surface area contributed by atoms with E-state index >= 15 is 0 Å².